The largest absolute Gasteiger partial charge is 0.352 e. The van der Waals surface area contributed by atoms with E-state index in [1.165, 1.54) is 0 Å². The van der Waals surface area contributed by atoms with Crippen LogP contribution in [-0.2, 0) is 16.1 Å². The maximum atomic E-state index is 12.6. The monoisotopic (exact) mass is 337 g/mol. The number of hydrogen-bond acceptors (Lipinski definition) is 5. The van der Waals surface area contributed by atoms with Crippen molar-refractivity contribution < 1.29 is 9.59 Å². The second-order valence-electron chi connectivity index (χ2n) is 6.17. The second kappa shape index (κ2) is 7.33. The number of thioether (sulfide) groups is 1. The van der Waals surface area contributed by atoms with Gasteiger partial charge in [0.05, 0.1) is 5.88 Å². The third-order valence-electron chi connectivity index (χ3n) is 4.63. The summed E-state index contributed by atoms with van der Waals surface area (Å²) >= 11 is 1.66. The Morgan fingerprint density at radius 3 is 2.87 bits per heavy atom. The van der Waals surface area contributed by atoms with Crippen molar-refractivity contribution in [2.75, 3.05) is 18.2 Å². The zero-order valence-corrected chi connectivity index (χ0v) is 14.2. The van der Waals surface area contributed by atoms with Gasteiger partial charge in [0.2, 0.25) is 11.8 Å². The highest BCUT2D eigenvalue weighted by Gasteiger charge is 2.38. The van der Waals surface area contributed by atoms with Gasteiger partial charge in [-0.05, 0) is 19.8 Å². The zero-order chi connectivity index (χ0) is 16.2. The normalized spacial score (nSPS) is 21.8. The van der Waals surface area contributed by atoms with Gasteiger partial charge in [0, 0.05) is 24.8 Å². The molecule has 1 aromatic rings. The van der Waals surface area contributed by atoms with E-state index in [0.717, 1.165) is 31.5 Å². The highest BCUT2D eigenvalue weighted by molar-refractivity contribution is 7.99. The molecule has 0 aromatic carbocycles. The zero-order valence-electron chi connectivity index (χ0n) is 13.4. The molecular weight excluding hydrogens is 314 g/mol. The van der Waals surface area contributed by atoms with Gasteiger partial charge < -0.3 is 14.8 Å². The molecule has 8 heteroatoms. The molecule has 2 aliphatic rings. The summed E-state index contributed by atoms with van der Waals surface area (Å²) in [6, 6.07) is -0.324. The van der Waals surface area contributed by atoms with Crippen LogP contribution in [0.2, 0.25) is 0 Å². The molecule has 1 aliphatic heterocycles. The van der Waals surface area contributed by atoms with Gasteiger partial charge in [-0.1, -0.05) is 12.8 Å². The molecular formula is C15H23N5O2S. The molecule has 7 nitrogen and oxygen atoms in total. The van der Waals surface area contributed by atoms with Crippen LogP contribution >= 0.6 is 11.8 Å². The number of nitrogens with one attached hydrogen (secondary N) is 1. The predicted octanol–water partition coefficient (Wildman–Crippen LogP) is 0.794. The third-order valence-corrected chi connectivity index (χ3v) is 5.65. The van der Waals surface area contributed by atoms with Crippen LogP contribution in [0.5, 0.6) is 0 Å². The summed E-state index contributed by atoms with van der Waals surface area (Å²) in [5.41, 5.74) is 0. The highest BCUT2D eigenvalue weighted by atomic mass is 32.2. The van der Waals surface area contributed by atoms with E-state index in [4.69, 9.17) is 0 Å². The first-order valence-electron chi connectivity index (χ1n) is 8.17. The number of nitrogens with zero attached hydrogens (tertiary/aromatic N) is 4. The van der Waals surface area contributed by atoms with Crippen molar-refractivity contribution in [2.45, 2.75) is 45.2 Å². The van der Waals surface area contributed by atoms with Crippen molar-refractivity contribution in [3.63, 3.8) is 0 Å². The number of rotatable bonds is 5. The third kappa shape index (κ3) is 3.68. The fraction of sp³-hybridized carbons (Fsp3) is 0.733. The number of amides is 2. The molecule has 1 aliphatic carbocycles. The van der Waals surface area contributed by atoms with Crippen molar-refractivity contribution in [3.8, 4) is 0 Å². The molecule has 0 bridgehead atoms. The molecule has 1 atom stereocenters. The van der Waals surface area contributed by atoms with Gasteiger partial charge in [-0.3, -0.25) is 9.59 Å². The Hall–Kier alpha value is -1.57. The van der Waals surface area contributed by atoms with Crippen molar-refractivity contribution >= 4 is 23.6 Å². The summed E-state index contributed by atoms with van der Waals surface area (Å²) in [6.07, 6.45) is 5.87. The van der Waals surface area contributed by atoms with Gasteiger partial charge in [0.1, 0.15) is 18.2 Å². The topological polar surface area (TPSA) is 80.1 Å². The smallest absolute Gasteiger partial charge is 0.243 e. The fourth-order valence-electron chi connectivity index (χ4n) is 3.23. The van der Waals surface area contributed by atoms with E-state index in [1.807, 2.05) is 11.5 Å². The quantitative estimate of drug-likeness (QED) is 0.859. The first kappa shape index (κ1) is 16.3. The lowest BCUT2D eigenvalue weighted by Crippen LogP contribution is -2.49. The second-order valence-corrected chi connectivity index (χ2v) is 7.17. The van der Waals surface area contributed by atoms with Crippen LogP contribution in [0.3, 0.4) is 0 Å². The van der Waals surface area contributed by atoms with Crippen LogP contribution in [0.1, 0.15) is 31.5 Å². The predicted molar refractivity (Wildman–Crippen MR) is 87.7 cm³/mol. The summed E-state index contributed by atoms with van der Waals surface area (Å²) in [4.78, 5) is 26.8. The molecule has 23 heavy (non-hydrogen) atoms. The number of aryl methyl sites for hydroxylation is 1. The number of aromatic nitrogens is 3. The summed E-state index contributed by atoms with van der Waals surface area (Å²) in [5.74, 6) is 2.40. The van der Waals surface area contributed by atoms with Gasteiger partial charge in [0.25, 0.3) is 0 Å². The lowest BCUT2D eigenvalue weighted by atomic mass is 10.1. The SMILES string of the molecule is Cc1nncn1CCNC(=O)C1CSCN1C(=O)C1CCCC1. The summed E-state index contributed by atoms with van der Waals surface area (Å²) in [7, 11) is 0. The molecule has 2 fully saturated rings. The summed E-state index contributed by atoms with van der Waals surface area (Å²) in [5, 5.41) is 10.7. The Bertz CT molecular complexity index is 570. The van der Waals surface area contributed by atoms with Crippen LogP contribution in [-0.4, -0.2) is 55.7 Å². The van der Waals surface area contributed by atoms with Crippen LogP contribution in [0.25, 0.3) is 0 Å². The number of carbonyl (C=O) groups excluding carboxylic acids is 2. The molecule has 126 valence electrons. The van der Waals surface area contributed by atoms with E-state index in [2.05, 4.69) is 15.5 Å². The summed E-state index contributed by atoms with van der Waals surface area (Å²) < 4.78 is 1.89. The standard InChI is InChI=1S/C15H23N5O2S/c1-11-18-17-9-19(11)7-6-16-14(21)13-8-23-10-20(13)15(22)12-4-2-3-5-12/h9,12-13H,2-8,10H2,1H3,(H,16,21). The Labute approximate surface area is 140 Å². The molecule has 1 aromatic heterocycles. The lowest BCUT2D eigenvalue weighted by molar-refractivity contribution is -0.141. The lowest BCUT2D eigenvalue weighted by Gasteiger charge is -2.25. The van der Waals surface area contributed by atoms with Gasteiger partial charge in [0.15, 0.2) is 0 Å². The maximum Gasteiger partial charge on any atom is 0.243 e. The van der Waals surface area contributed by atoms with Gasteiger partial charge in [-0.2, -0.15) is 0 Å². The first-order chi connectivity index (χ1) is 11.2. The molecule has 2 heterocycles. The van der Waals surface area contributed by atoms with Gasteiger partial charge >= 0.3 is 0 Å². The van der Waals surface area contributed by atoms with Crippen LogP contribution < -0.4 is 5.32 Å². The van der Waals surface area contributed by atoms with Gasteiger partial charge in [-0.25, -0.2) is 0 Å². The fourth-order valence-corrected chi connectivity index (χ4v) is 4.40. The molecule has 0 spiro atoms. The highest BCUT2D eigenvalue weighted by Crippen LogP contribution is 2.30. The minimum atomic E-state index is -0.324. The molecule has 2 amide bonds. The molecule has 1 saturated carbocycles. The van der Waals surface area contributed by atoms with Crippen LogP contribution in [0, 0.1) is 12.8 Å². The van der Waals surface area contributed by atoms with Crippen molar-refractivity contribution in [2.24, 2.45) is 5.92 Å². The van der Waals surface area contributed by atoms with Gasteiger partial charge in [-0.15, -0.1) is 22.0 Å². The number of carbonyl (C=O) groups is 2. The van der Waals surface area contributed by atoms with Crippen molar-refractivity contribution in [3.05, 3.63) is 12.2 Å². The summed E-state index contributed by atoms with van der Waals surface area (Å²) in [6.45, 7) is 3.04. The van der Waals surface area contributed by atoms with E-state index in [0.29, 0.717) is 24.7 Å². The Morgan fingerprint density at radius 1 is 1.39 bits per heavy atom. The molecule has 1 unspecified atom stereocenters. The molecule has 0 radical (unpaired) electrons. The first-order valence-corrected chi connectivity index (χ1v) is 9.32. The average molecular weight is 337 g/mol. The molecule has 1 N–H and O–H groups in total. The minimum Gasteiger partial charge on any atom is -0.352 e. The van der Waals surface area contributed by atoms with Crippen molar-refractivity contribution in [1.82, 2.24) is 25.0 Å². The average Bonchev–Trinajstić information content (AvgIpc) is 3.28. The minimum absolute atomic E-state index is 0.0490. The van der Waals surface area contributed by atoms with E-state index in [1.54, 1.807) is 23.0 Å². The van der Waals surface area contributed by atoms with E-state index < -0.39 is 0 Å². The Kier molecular flexibility index (Phi) is 5.20. The van der Waals surface area contributed by atoms with E-state index >= 15 is 0 Å². The van der Waals surface area contributed by atoms with Crippen LogP contribution in [0.4, 0.5) is 0 Å². The van der Waals surface area contributed by atoms with E-state index in [-0.39, 0.29) is 23.8 Å². The molecule has 1 saturated heterocycles. The number of hydrogen-bond donors (Lipinski definition) is 1. The Balaban J connectivity index is 1.51. The van der Waals surface area contributed by atoms with Crippen LogP contribution in [0.15, 0.2) is 6.33 Å². The van der Waals surface area contributed by atoms with Crippen molar-refractivity contribution in [1.29, 1.82) is 0 Å². The Morgan fingerprint density at radius 2 is 2.17 bits per heavy atom. The molecule has 3 rings (SSSR count). The van der Waals surface area contributed by atoms with E-state index in [9.17, 15) is 9.59 Å². The maximum absolute atomic E-state index is 12.6.